The number of hydrogen-bond acceptors (Lipinski definition) is 4. The molecule has 0 aliphatic heterocycles. The molecule has 0 atom stereocenters. The van der Waals surface area contributed by atoms with E-state index in [-0.39, 0.29) is 27.6 Å². The number of pyridine rings is 1. The van der Waals surface area contributed by atoms with Crippen molar-refractivity contribution in [2.75, 3.05) is 10.0 Å². The van der Waals surface area contributed by atoms with Crippen LogP contribution in [-0.2, 0) is 14.8 Å². The van der Waals surface area contributed by atoms with Gasteiger partial charge in [-0.25, -0.2) is 12.8 Å². The quantitative estimate of drug-likeness (QED) is 0.682. The lowest BCUT2D eigenvalue weighted by atomic mass is 10.2. The number of halogens is 1. The number of nitrogens with one attached hydrogen (secondary N) is 2. The molecule has 2 aromatic carbocycles. The topological polar surface area (TPSA) is 88.2 Å². The van der Waals surface area contributed by atoms with Crippen LogP contribution < -0.4 is 10.0 Å². The van der Waals surface area contributed by atoms with Gasteiger partial charge in [0.05, 0.1) is 10.6 Å². The van der Waals surface area contributed by atoms with Crippen molar-refractivity contribution in [2.24, 2.45) is 5.92 Å². The molecule has 144 valence electrons. The Morgan fingerprint density at radius 3 is 2.71 bits per heavy atom. The minimum atomic E-state index is -4.00. The van der Waals surface area contributed by atoms with Gasteiger partial charge in [0.1, 0.15) is 11.3 Å². The number of aromatic nitrogens is 1. The summed E-state index contributed by atoms with van der Waals surface area (Å²) >= 11 is 0. The van der Waals surface area contributed by atoms with Crippen LogP contribution in [0.5, 0.6) is 0 Å². The third kappa shape index (κ3) is 3.55. The zero-order valence-corrected chi connectivity index (χ0v) is 15.9. The van der Waals surface area contributed by atoms with Crippen LogP contribution in [-0.4, -0.2) is 19.3 Å². The molecule has 1 aliphatic rings. The first-order valence-corrected chi connectivity index (χ1v) is 10.3. The van der Waals surface area contributed by atoms with Crippen LogP contribution in [0.4, 0.5) is 15.8 Å². The van der Waals surface area contributed by atoms with Crippen LogP contribution in [0.3, 0.4) is 0 Å². The van der Waals surface area contributed by atoms with E-state index < -0.39 is 15.8 Å². The fourth-order valence-electron chi connectivity index (χ4n) is 2.95. The van der Waals surface area contributed by atoms with Gasteiger partial charge < -0.3 is 5.32 Å². The van der Waals surface area contributed by atoms with Gasteiger partial charge in [-0.1, -0.05) is 6.07 Å². The third-order valence-corrected chi connectivity index (χ3v) is 6.09. The van der Waals surface area contributed by atoms with Crippen molar-refractivity contribution in [1.82, 2.24) is 4.98 Å². The molecule has 6 nitrogen and oxygen atoms in total. The van der Waals surface area contributed by atoms with E-state index in [0.717, 1.165) is 18.9 Å². The molecule has 1 amide bonds. The molecule has 8 heteroatoms. The van der Waals surface area contributed by atoms with E-state index in [9.17, 15) is 17.6 Å². The largest absolute Gasteiger partial charge is 0.326 e. The number of amides is 1. The zero-order chi connectivity index (χ0) is 19.9. The summed E-state index contributed by atoms with van der Waals surface area (Å²) in [4.78, 5) is 15.8. The first-order chi connectivity index (χ1) is 13.3. The number of sulfonamides is 1. The number of carbonyl (C=O) groups excluding carboxylic acids is 1. The number of benzene rings is 2. The summed E-state index contributed by atoms with van der Waals surface area (Å²) in [6, 6.07) is 10.4. The molecule has 0 spiro atoms. The van der Waals surface area contributed by atoms with Crippen molar-refractivity contribution in [3.8, 4) is 0 Å². The number of aryl methyl sites for hydroxylation is 1. The molecule has 0 bridgehead atoms. The van der Waals surface area contributed by atoms with Crippen molar-refractivity contribution in [3.05, 3.63) is 60.0 Å². The maximum absolute atomic E-state index is 14.0. The van der Waals surface area contributed by atoms with Crippen LogP contribution in [0.1, 0.15) is 18.4 Å². The SMILES string of the molecule is Cc1ccc(NC(=O)C2CC2)cc1NS(=O)(=O)c1ccc(F)c2ncccc12. The third-order valence-electron chi connectivity index (χ3n) is 4.67. The number of nitrogens with zero attached hydrogens (tertiary/aromatic N) is 1. The molecule has 0 radical (unpaired) electrons. The Bertz CT molecular complexity index is 1190. The molecule has 1 aromatic heterocycles. The summed E-state index contributed by atoms with van der Waals surface area (Å²) < 4.78 is 42.5. The fourth-order valence-corrected chi connectivity index (χ4v) is 4.27. The Morgan fingerprint density at radius 1 is 1.18 bits per heavy atom. The van der Waals surface area contributed by atoms with Gasteiger partial charge in [0.15, 0.2) is 0 Å². The monoisotopic (exact) mass is 399 g/mol. The van der Waals surface area contributed by atoms with E-state index in [1.54, 1.807) is 31.2 Å². The molecule has 1 heterocycles. The number of hydrogen-bond donors (Lipinski definition) is 2. The maximum Gasteiger partial charge on any atom is 0.262 e. The Morgan fingerprint density at radius 2 is 1.96 bits per heavy atom. The van der Waals surface area contributed by atoms with Crippen molar-refractivity contribution in [1.29, 1.82) is 0 Å². The molecular formula is C20H18FN3O3S. The second-order valence-corrected chi connectivity index (χ2v) is 8.49. The van der Waals surface area contributed by atoms with Crippen LogP contribution in [0, 0.1) is 18.7 Å². The minimum absolute atomic E-state index is 0.00690. The van der Waals surface area contributed by atoms with Crippen LogP contribution in [0.2, 0.25) is 0 Å². The maximum atomic E-state index is 14.0. The highest BCUT2D eigenvalue weighted by atomic mass is 32.2. The zero-order valence-electron chi connectivity index (χ0n) is 15.1. The number of anilines is 2. The van der Waals surface area contributed by atoms with Crippen molar-refractivity contribution in [2.45, 2.75) is 24.7 Å². The summed E-state index contributed by atoms with van der Waals surface area (Å²) in [5.41, 5.74) is 1.55. The predicted molar refractivity (Wildman–Crippen MR) is 105 cm³/mol. The Balaban J connectivity index is 1.68. The summed E-state index contributed by atoms with van der Waals surface area (Å²) in [5.74, 6) is -0.608. The Labute approximate surface area is 161 Å². The van der Waals surface area contributed by atoms with Crippen molar-refractivity contribution >= 4 is 38.2 Å². The highest BCUT2D eigenvalue weighted by Gasteiger charge is 2.29. The van der Waals surface area contributed by atoms with E-state index >= 15 is 0 Å². The van der Waals surface area contributed by atoms with Gasteiger partial charge in [0.25, 0.3) is 10.0 Å². The van der Waals surface area contributed by atoms with Crippen LogP contribution in [0.25, 0.3) is 10.9 Å². The van der Waals surface area contributed by atoms with Crippen LogP contribution >= 0.6 is 0 Å². The van der Waals surface area contributed by atoms with E-state index in [1.165, 1.54) is 18.3 Å². The normalized spacial score (nSPS) is 14.1. The number of carbonyl (C=O) groups is 1. The second kappa shape index (κ2) is 6.87. The van der Waals surface area contributed by atoms with E-state index in [4.69, 9.17) is 0 Å². The van der Waals surface area contributed by atoms with Gasteiger partial charge in [0, 0.05) is 23.2 Å². The molecule has 4 rings (SSSR count). The van der Waals surface area contributed by atoms with Gasteiger partial charge in [-0.05, 0) is 61.7 Å². The standard InChI is InChI=1S/C20H18FN3O3S/c1-12-4-7-14(23-20(25)13-5-6-13)11-17(12)24-28(26,27)18-9-8-16(21)19-15(18)3-2-10-22-19/h2-4,7-11,13,24H,5-6H2,1H3,(H,23,25). The highest BCUT2D eigenvalue weighted by Crippen LogP contribution is 2.31. The molecule has 2 N–H and O–H groups in total. The van der Waals surface area contributed by atoms with Gasteiger partial charge >= 0.3 is 0 Å². The smallest absolute Gasteiger partial charge is 0.262 e. The first kappa shape index (κ1) is 18.4. The first-order valence-electron chi connectivity index (χ1n) is 8.83. The van der Waals surface area contributed by atoms with Gasteiger partial charge in [0.2, 0.25) is 5.91 Å². The number of rotatable bonds is 5. The average Bonchev–Trinajstić information content (AvgIpc) is 3.50. The fraction of sp³-hybridized carbons (Fsp3) is 0.200. The van der Waals surface area contributed by atoms with E-state index in [1.807, 2.05) is 0 Å². The van der Waals surface area contributed by atoms with E-state index in [0.29, 0.717) is 16.9 Å². The lowest BCUT2D eigenvalue weighted by molar-refractivity contribution is -0.117. The molecule has 0 unspecified atom stereocenters. The molecule has 0 saturated heterocycles. The Kier molecular flexibility index (Phi) is 4.50. The average molecular weight is 399 g/mol. The number of fused-ring (bicyclic) bond motifs is 1. The highest BCUT2D eigenvalue weighted by molar-refractivity contribution is 7.93. The summed E-state index contributed by atoms with van der Waals surface area (Å²) in [6.07, 6.45) is 3.16. The lowest BCUT2D eigenvalue weighted by Crippen LogP contribution is -2.16. The summed E-state index contributed by atoms with van der Waals surface area (Å²) in [7, 11) is -4.00. The minimum Gasteiger partial charge on any atom is -0.326 e. The summed E-state index contributed by atoms with van der Waals surface area (Å²) in [6.45, 7) is 1.76. The summed E-state index contributed by atoms with van der Waals surface area (Å²) in [5, 5.41) is 3.00. The Hall–Kier alpha value is -3.00. The predicted octanol–water partition coefficient (Wildman–Crippen LogP) is 3.83. The second-order valence-electron chi connectivity index (χ2n) is 6.84. The molecule has 1 fully saturated rings. The molecule has 28 heavy (non-hydrogen) atoms. The van der Waals surface area contributed by atoms with Gasteiger partial charge in [-0.15, -0.1) is 0 Å². The van der Waals surface area contributed by atoms with Crippen molar-refractivity contribution in [3.63, 3.8) is 0 Å². The molecule has 3 aromatic rings. The van der Waals surface area contributed by atoms with Gasteiger partial charge in [-0.3, -0.25) is 14.5 Å². The lowest BCUT2D eigenvalue weighted by Gasteiger charge is -2.14. The molecule has 1 saturated carbocycles. The molecular weight excluding hydrogens is 381 g/mol. The van der Waals surface area contributed by atoms with E-state index in [2.05, 4.69) is 15.0 Å². The van der Waals surface area contributed by atoms with Crippen LogP contribution in [0.15, 0.2) is 53.6 Å². The van der Waals surface area contributed by atoms with Crippen molar-refractivity contribution < 1.29 is 17.6 Å². The molecule has 1 aliphatic carbocycles. The van der Waals surface area contributed by atoms with Gasteiger partial charge in [-0.2, -0.15) is 0 Å².